The Kier molecular flexibility index (Phi) is 4.30. The highest BCUT2D eigenvalue weighted by atomic mass is 19.4. The molecule has 0 saturated carbocycles. The maximum Gasteiger partial charge on any atom is 0.413 e. The molecule has 0 saturated heterocycles. The largest absolute Gasteiger partial charge is 0.493 e. The minimum atomic E-state index is -4.40. The standard InChI is InChI=1S/C18H18F3NO2/c1-23-15-10-12-8-9-22(13-6-4-3-5-7-13)17(18(19,20)21)14(12)11-16(15)24-2/h3-7,10-11,17H,8-9H2,1-2H3. The van der Waals surface area contributed by atoms with Gasteiger partial charge in [0.15, 0.2) is 17.5 Å². The number of anilines is 1. The van der Waals surface area contributed by atoms with Crippen LogP contribution in [0.1, 0.15) is 17.2 Å². The van der Waals surface area contributed by atoms with Crippen LogP contribution in [-0.2, 0) is 6.42 Å². The van der Waals surface area contributed by atoms with Crippen molar-refractivity contribution >= 4 is 5.69 Å². The third kappa shape index (κ3) is 2.88. The van der Waals surface area contributed by atoms with Crippen LogP contribution in [0.5, 0.6) is 11.5 Å². The normalized spacial score (nSPS) is 17.4. The summed E-state index contributed by atoms with van der Waals surface area (Å²) in [4.78, 5) is 1.40. The van der Waals surface area contributed by atoms with Gasteiger partial charge in [0.1, 0.15) is 0 Å². The van der Waals surface area contributed by atoms with Crippen molar-refractivity contribution in [2.24, 2.45) is 0 Å². The molecule has 1 heterocycles. The molecule has 128 valence electrons. The van der Waals surface area contributed by atoms with Gasteiger partial charge in [-0.15, -0.1) is 0 Å². The van der Waals surface area contributed by atoms with Crippen molar-refractivity contribution in [2.45, 2.75) is 18.6 Å². The molecule has 3 rings (SSSR count). The van der Waals surface area contributed by atoms with Gasteiger partial charge in [0, 0.05) is 12.2 Å². The number of hydrogen-bond acceptors (Lipinski definition) is 3. The lowest BCUT2D eigenvalue weighted by molar-refractivity contribution is -0.151. The Labute approximate surface area is 138 Å². The molecule has 1 unspecified atom stereocenters. The summed E-state index contributed by atoms with van der Waals surface area (Å²) in [5, 5.41) is 0. The Morgan fingerprint density at radius 3 is 2.21 bits per heavy atom. The quantitative estimate of drug-likeness (QED) is 0.830. The summed E-state index contributed by atoms with van der Waals surface area (Å²) in [5.74, 6) is 0.755. The van der Waals surface area contributed by atoms with Gasteiger partial charge in [-0.1, -0.05) is 18.2 Å². The third-order valence-electron chi connectivity index (χ3n) is 4.27. The predicted molar refractivity (Wildman–Crippen MR) is 85.8 cm³/mol. The lowest BCUT2D eigenvalue weighted by Gasteiger charge is -2.40. The predicted octanol–water partition coefficient (Wildman–Crippen LogP) is 4.37. The molecule has 3 nitrogen and oxygen atoms in total. The first-order chi connectivity index (χ1) is 11.5. The zero-order valence-corrected chi connectivity index (χ0v) is 13.4. The van der Waals surface area contributed by atoms with Crippen LogP contribution in [0.25, 0.3) is 0 Å². The summed E-state index contributed by atoms with van der Waals surface area (Å²) in [6.07, 6.45) is -3.89. The van der Waals surface area contributed by atoms with Crippen molar-refractivity contribution in [2.75, 3.05) is 25.7 Å². The highest BCUT2D eigenvalue weighted by molar-refractivity contribution is 5.56. The highest BCUT2D eigenvalue weighted by Crippen LogP contribution is 2.46. The van der Waals surface area contributed by atoms with E-state index < -0.39 is 12.2 Å². The Hall–Kier alpha value is -2.37. The molecule has 24 heavy (non-hydrogen) atoms. The number of fused-ring (bicyclic) bond motifs is 1. The van der Waals surface area contributed by atoms with E-state index in [-0.39, 0.29) is 12.1 Å². The summed E-state index contributed by atoms with van der Waals surface area (Å²) in [6, 6.07) is 10.1. The lowest BCUT2D eigenvalue weighted by atomic mass is 9.91. The van der Waals surface area contributed by atoms with Crippen LogP contribution in [-0.4, -0.2) is 26.9 Å². The maximum absolute atomic E-state index is 13.9. The van der Waals surface area contributed by atoms with Crippen LogP contribution >= 0.6 is 0 Å². The monoisotopic (exact) mass is 337 g/mol. The van der Waals surface area contributed by atoms with Crippen molar-refractivity contribution in [3.05, 3.63) is 53.6 Å². The first-order valence-corrected chi connectivity index (χ1v) is 7.59. The second kappa shape index (κ2) is 6.26. The molecule has 0 aromatic heterocycles. The first kappa shape index (κ1) is 16.5. The molecule has 6 heteroatoms. The van der Waals surface area contributed by atoms with E-state index in [0.717, 1.165) is 0 Å². The summed E-state index contributed by atoms with van der Waals surface area (Å²) in [6.45, 7) is 0.288. The molecule has 1 aliphatic heterocycles. The first-order valence-electron chi connectivity index (χ1n) is 7.59. The highest BCUT2D eigenvalue weighted by Gasteiger charge is 2.47. The Morgan fingerprint density at radius 2 is 1.62 bits per heavy atom. The molecule has 2 aromatic carbocycles. The molecule has 1 aliphatic rings. The average Bonchev–Trinajstić information content (AvgIpc) is 2.59. The molecule has 0 radical (unpaired) electrons. The van der Waals surface area contributed by atoms with Gasteiger partial charge < -0.3 is 14.4 Å². The SMILES string of the molecule is COc1cc2c(cc1OC)C(C(F)(F)F)N(c1ccccc1)CC2. The number of nitrogens with zero attached hydrogens (tertiary/aromatic N) is 1. The van der Waals surface area contributed by atoms with Crippen LogP contribution < -0.4 is 14.4 Å². The summed E-state index contributed by atoms with van der Waals surface area (Å²) in [7, 11) is 2.90. The fraction of sp³-hybridized carbons (Fsp3) is 0.333. The number of ether oxygens (including phenoxy) is 2. The van der Waals surface area contributed by atoms with E-state index in [2.05, 4.69) is 0 Å². The molecule has 0 fully saturated rings. The minimum absolute atomic E-state index is 0.218. The van der Waals surface area contributed by atoms with E-state index in [4.69, 9.17) is 9.47 Å². The second-order valence-electron chi connectivity index (χ2n) is 5.63. The fourth-order valence-electron chi connectivity index (χ4n) is 3.20. The number of methoxy groups -OCH3 is 2. The number of alkyl halides is 3. The van der Waals surface area contributed by atoms with E-state index in [9.17, 15) is 13.2 Å². The van der Waals surface area contributed by atoms with Gasteiger partial charge in [0.2, 0.25) is 0 Å². The van der Waals surface area contributed by atoms with Crippen LogP contribution in [0.3, 0.4) is 0 Å². The van der Waals surface area contributed by atoms with E-state index in [0.29, 0.717) is 29.2 Å². The van der Waals surface area contributed by atoms with Crippen molar-refractivity contribution in [1.29, 1.82) is 0 Å². The molecule has 2 aromatic rings. The zero-order chi connectivity index (χ0) is 17.3. The molecular formula is C18H18F3NO2. The maximum atomic E-state index is 13.9. The third-order valence-corrected chi connectivity index (χ3v) is 4.27. The number of rotatable bonds is 3. The molecule has 0 aliphatic carbocycles. The van der Waals surface area contributed by atoms with Crippen LogP contribution in [0.2, 0.25) is 0 Å². The van der Waals surface area contributed by atoms with Crippen LogP contribution in [0.4, 0.5) is 18.9 Å². The van der Waals surface area contributed by atoms with Gasteiger partial charge in [-0.3, -0.25) is 0 Å². The van der Waals surface area contributed by atoms with Gasteiger partial charge >= 0.3 is 6.18 Å². The van der Waals surface area contributed by atoms with Gasteiger partial charge in [-0.05, 0) is 41.8 Å². The molecule has 0 amide bonds. The van der Waals surface area contributed by atoms with E-state index >= 15 is 0 Å². The fourth-order valence-corrected chi connectivity index (χ4v) is 3.20. The van der Waals surface area contributed by atoms with E-state index in [1.165, 1.54) is 25.2 Å². The van der Waals surface area contributed by atoms with Gasteiger partial charge in [-0.25, -0.2) is 0 Å². The number of halogens is 3. The lowest BCUT2D eigenvalue weighted by Crippen LogP contribution is -2.43. The Bertz CT molecular complexity index is 716. The van der Waals surface area contributed by atoms with Crippen molar-refractivity contribution < 1.29 is 22.6 Å². The average molecular weight is 337 g/mol. The van der Waals surface area contributed by atoms with E-state index in [1.54, 1.807) is 36.4 Å². The van der Waals surface area contributed by atoms with Crippen molar-refractivity contribution in [3.8, 4) is 11.5 Å². The Morgan fingerprint density at radius 1 is 1.00 bits per heavy atom. The minimum Gasteiger partial charge on any atom is -0.493 e. The Balaban J connectivity index is 2.13. The molecule has 0 N–H and O–H groups in total. The van der Waals surface area contributed by atoms with E-state index in [1.807, 2.05) is 0 Å². The summed E-state index contributed by atoms with van der Waals surface area (Å²) >= 11 is 0. The van der Waals surface area contributed by atoms with Gasteiger partial charge in [0.05, 0.1) is 14.2 Å². The molecular weight excluding hydrogens is 319 g/mol. The number of hydrogen-bond donors (Lipinski definition) is 0. The smallest absolute Gasteiger partial charge is 0.413 e. The number of benzene rings is 2. The van der Waals surface area contributed by atoms with Crippen LogP contribution in [0, 0.1) is 0 Å². The second-order valence-corrected chi connectivity index (χ2v) is 5.63. The van der Waals surface area contributed by atoms with Gasteiger partial charge in [0.25, 0.3) is 0 Å². The van der Waals surface area contributed by atoms with Crippen LogP contribution in [0.15, 0.2) is 42.5 Å². The summed E-state index contributed by atoms with van der Waals surface area (Å²) < 4.78 is 52.0. The molecule has 1 atom stereocenters. The van der Waals surface area contributed by atoms with Gasteiger partial charge in [-0.2, -0.15) is 13.2 Å². The van der Waals surface area contributed by atoms with Crippen molar-refractivity contribution in [1.82, 2.24) is 0 Å². The molecule has 0 spiro atoms. The molecule has 0 bridgehead atoms. The topological polar surface area (TPSA) is 21.7 Å². The summed E-state index contributed by atoms with van der Waals surface area (Å²) in [5.41, 5.74) is 1.41. The zero-order valence-electron chi connectivity index (χ0n) is 13.4. The number of para-hydroxylation sites is 1. The van der Waals surface area contributed by atoms with Crippen molar-refractivity contribution in [3.63, 3.8) is 0 Å².